The highest BCUT2D eigenvalue weighted by atomic mass is 16.2. The van der Waals surface area contributed by atoms with Gasteiger partial charge in [-0.1, -0.05) is 32.9 Å². The molecule has 74 valence electrons. The van der Waals surface area contributed by atoms with Gasteiger partial charge in [0.2, 0.25) is 5.91 Å². The zero-order valence-corrected chi connectivity index (χ0v) is 8.89. The molecule has 13 heavy (non-hydrogen) atoms. The van der Waals surface area contributed by atoms with Crippen LogP contribution in [0, 0.1) is 5.41 Å². The Labute approximate surface area is 80.6 Å². The van der Waals surface area contributed by atoms with Crippen LogP contribution in [0.3, 0.4) is 0 Å². The smallest absolute Gasteiger partial charge is 0.228 e. The lowest BCUT2D eigenvalue weighted by atomic mass is 9.93. The summed E-state index contributed by atoms with van der Waals surface area (Å²) in [6.07, 6.45) is 2.15. The predicted molar refractivity (Wildman–Crippen MR) is 54.4 cm³/mol. The fourth-order valence-electron chi connectivity index (χ4n) is 1.60. The number of hydrogen-bond donors (Lipinski definition) is 0. The van der Waals surface area contributed by atoms with E-state index in [9.17, 15) is 4.79 Å². The minimum atomic E-state index is -0.252. The van der Waals surface area contributed by atoms with Crippen LogP contribution in [-0.2, 0) is 4.79 Å². The maximum absolute atomic E-state index is 11.8. The summed E-state index contributed by atoms with van der Waals surface area (Å²) in [6.45, 7) is 11.5. The van der Waals surface area contributed by atoms with Crippen LogP contribution in [-0.4, -0.2) is 23.9 Å². The zero-order chi connectivity index (χ0) is 10.1. The molecule has 1 rings (SSSR count). The average molecular weight is 181 g/mol. The van der Waals surface area contributed by atoms with Gasteiger partial charge in [0, 0.05) is 18.5 Å². The topological polar surface area (TPSA) is 20.3 Å². The molecule has 2 heteroatoms. The van der Waals surface area contributed by atoms with Crippen molar-refractivity contribution in [3.05, 3.63) is 12.2 Å². The van der Waals surface area contributed by atoms with Crippen molar-refractivity contribution in [2.75, 3.05) is 13.1 Å². The van der Waals surface area contributed by atoms with Gasteiger partial charge in [0.1, 0.15) is 0 Å². The average Bonchev–Trinajstić information content (AvgIpc) is 2.01. The summed E-state index contributed by atoms with van der Waals surface area (Å²) < 4.78 is 0. The van der Waals surface area contributed by atoms with Gasteiger partial charge < -0.3 is 4.90 Å². The fraction of sp³-hybridized carbons (Fsp3) is 0.727. The lowest BCUT2D eigenvalue weighted by Crippen LogP contribution is -2.42. The second-order valence-electron chi connectivity index (χ2n) is 4.83. The molecule has 0 unspecified atom stereocenters. The van der Waals surface area contributed by atoms with Crippen molar-refractivity contribution in [2.45, 2.75) is 33.6 Å². The van der Waals surface area contributed by atoms with Crippen LogP contribution in [0.15, 0.2) is 12.2 Å². The molecule has 0 aliphatic carbocycles. The van der Waals surface area contributed by atoms with Gasteiger partial charge in [-0.05, 0) is 12.8 Å². The molecule has 1 aliphatic rings. The first-order chi connectivity index (χ1) is 5.91. The van der Waals surface area contributed by atoms with Gasteiger partial charge in [0.25, 0.3) is 0 Å². The van der Waals surface area contributed by atoms with E-state index in [1.54, 1.807) is 0 Å². The number of amides is 1. The second kappa shape index (κ2) is 3.52. The molecule has 0 bridgehead atoms. The maximum atomic E-state index is 11.8. The van der Waals surface area contributed by atoms with E-state index < -0.39 is 0 Å². The monoisotopic (exact) mass is 181 g/mol. The van der Waals surface area contributed by atoms with Gasteiger partial charge in [-0.25, -0.2) is 0 Å². The number of likely N-dealkylation sites (tertiary alicyclic amines) is 1. The first kappa shape index (κ1) is 10.3. The minimum Gasteiger partial charge on any atom is -0.338 e. The third-order valence-electron chi connectivity index (χ3n) is 2.30. The first-order valence-electron chi connectivity index (χ1n) is 4.87. The van der Waals surface area contributed by atoms with E-state index in [1.165, 1.54) is 5.57 Å². The molecule has 1 amide bonds. The Balaban J connectivity index is 2.62. The van der Waals surface area contributed by atoms with Gasteiger partial charge in [0.05, 0.1) is 0 Å². The molecular formula is C11H19NO. The summed E-state index contributed by atoms with van der Waals surface area (Å²) in [5.74, 6) is 0.244. The standard InChI is InChI=1S/C11H19NO/c1-9-6-5-7-12(8-9)10(13)11(2,3)4/h1,5-8H2,2-4H3. The molecule has 0 spiro atoms. The largest absolute Gasteiger partial charge is 0.338 e. The van der Waals surface area contributed by atoms with Crippen LogP contribution < -0.4 is 0 Å². The maximum Gasteiger partial charge on any atom is 0.228 e. The normalized spacial score (nSPS) is 19.0. The van der Waals surface area contributed by atoms with Crippen LogP contribution >= 0.6 is 0 Å². The Morgan fingerprint density at radius 3 is 2.54 bits per heavy atom. The number of piperidine rings is 1. The number of hydrogen-bond acceptors (Lipinski definition) is 1. The van der Waals surface area contributed by atoms with Crippen LogP contribution in [0.1, 0.15) is 33.6 Å². The van der Waals surface area contributed by atoms with E-state index >= 15 is 0 Å². The van der Waals surface area contributed by atoms with Crippen LogP contribution in [0.5, 0.6) is 0 Å². The molecular weight excluding hydrogens is 162 g/mol. The molecule has 1 heterocycles. The van der Waals surface area contributed by atoms with Crippen molar-refractivity contribution in [2.24, 2.45) is 5.41 Å². The van der Waals surface area contributed by atoms with E-state index in [4.69, 9.17) is 0 Å². The molecule has 0 aromatic carbocycles. The van der Waals surface area contributed by atoms with Crippen LogP contribution in [0.2, 0.25) is 0 Å². The highest BCUT2D eigenvalue weighted by Gasteiger charge is 2.28. The number of carbonyl (C=O) groups excluding carboxylic acids is 1. The van der Waals surface area contributed by atoms with Gasteiger partial charge in [0.15, 0.2) is 0 Å². The zero-order valence-electron chi connectivity index (χ0n) is 8.89. The van der Waals surface area contributed by atoms with Crippen molar-refractivity contribution < 1.29 is 4.79 Å². The van der Waals surface area contributed by atoms with Crippen LogP contribution in [0.25, 0.3) is 0 Å². The summed E-state index contributed by atoms with van der Waals surface area (Å²) in [5.41, 5.74) is 0.932. The van der Waals surface area contributed by atoms with Crippen LogP contribution in [0.4, 0.5) is 0 Å². The molecule has 0 N–H and O–H groups in total. The van der Waals surface area contributed by atoms with Gasteiger partial charge in [-0.15, -0.1) is 0 Å². The summed E-state index contributed by atoms with van der Waals surface area (Å²) in [4.78, 5) is 13.8. The quantitative estimate of drug-likeness (QED) is 0.525. The molecule has 0 aromatic heterocycles. The van der Waals surface area contributed by atoms with E-state index in [0.717, 1.165) is 25.9 Å². The summed E-state index contributed by atoms with van der Waals surface area (Å²) in [5, 5.41) is 0. The lowest BCUT2D eigenvalue weighted by Gasteiger charge is -2.33. The van der Waals surface area contributed by atoms with Gasteiger partial charge in [-0.3, -0.25) is 4.79 Å². The number of nitrogens with zero attached hydrogens (tertiary/aromatic N) is 1. The third-order valence-corrected chi connectivity index (χ3v) is 2.30. The molecule has 1 aliphatic heterocycles. The Bertz CT molecular complexity index is 225. The Morgan fingerprint density at radius 1 is 1.46 bits per heavy atom. The number of rotatable bonds is 0. The molecule has 0 saturated carbocycles. The third kappa shape index (κ3) is 2.58. The molecule has 0 radical (unpaired) electrons. The van der Waals surface area contributed by atoms with Gasteiger partial charge in [-0.2, -0.15) is 0 Å². The summed E-state index contributed by atoms with van der Waals surface area (Å²) in [7, 11) is 0. The van der Waals surface area contributed by atoms with Crippen molar-refractivity contribution in [1.82, 2.24) is 4.90 Å². The predicted octanol–water partition coefficient (Wildman–Crippen LogP) is 2.21. The summed E-state index contributed by atoms with van der Waals surface area (Å²) >= 11 is 0. The van der Waals surface area contributed by atoms with Crippen molar-refractivity contribution in [3.63, 3.8) is 0 Å². The minimum absolute atomic E-state index is 0.244. The fourth-order valence-corrected chi connectivity index (χ4v) is 1.60. The second-order valence-corrected chi connectivity index (χ2v) is 4.83. The molecule has 1 fully saturated rings. The van der Waals surface area contributed by atoms with E-state index in [0.29, 0.717) is 0 Å². The molecule has 2 nitrogen and oxygen atoms in total. The van der Waals surface area contributed by atoms with E-state index in [1.807, 2.05) is 25.7 Å². The van der Waals surface area contributed by atoms with E-state index in [2.05, 4.69) is 6.58 Å². The lowest BCUT2D eigenvalue weighted by molar-refractivity contribution is -0.139. The highest BCUT2D eigenvalue weighted by molar-refractivity contribution is 5.81. The van der Waals surface area contributed by atoms with E-state index in [-0.39, 0.29) is 11.3 Å². The first-order valence-corrected chi connectivity index (χ1v) is 4.87. The highest BCUT2D eigenvalue weighted by Crippen LogP contribution is 2.22. The summed E-state index contributed by atoms with van der Waals surface area (Å²) in [6, 6.07) is 0. The molecule has 0 atom stereocenters. The van der Waals surface area contributed by atoms with Crippen molar-refractivity contribution in [3.8, 4) is 0 Å². The Morgan fingerprint density at radius 2 is 2.08 bits per heavy atom. The SMILES string of the molecule is C=C1CCCN(C(=O)C(C)(C)C)C1. The Hall–Kier alpha value is -0.790. The number of carbonyl (C=O) groups is 1. The van der Waals surface area contributed by atoms with Crippen molar-refractivity contribution in [1.29, 1.82) is 0 Å². The Kier molecular flexibility index (Phi) is 2.79. The molecule has 0 aromatic rings. The van der Waals surface area contributed by atoms with Gasteiger partial charge >= 0.3 is 0 Å². The molecule has 1 saturated heterocycles. The van der Waals surface area contributed by atoms with Crippen molar-refractivity contribution >= 4 is 5.91 Å².